The van der Waals surface area contributed by atoms with Crippen LogP contribution in [0.4, 0.5) is 0 Å². The van der Waals surface area contributed by atoms with Gasteiger partial charge in [0.25, 0.3) is 0 Å². The number of imidazole rings is 1. The molecule has 0 spiro atoms. The molecule has 22 N–H and O–H groups in total. The third-order valence-corrected chi connectivity index (χ3v) is 26.9. The number of carboxylic acid groups (broad SMARTS) is 2. The Labute approximate surface area is 798 Å². The number of hydrogen-bond acceptors (Lipinski definition) is 25. The number of thioether (sulfide) groups is 1. The number of aliphatic hydroxyl groups is 1. The van der Waals surface area contributed by atoms with Crippen molar-refractivity contribution in [2.24, 2.45) is 17.2 Å². The second-order valence-electron chi connectivity index (χ2n) is 34.9. The van der Waals surface area contributed by atoms with E-state index < -0.39 is 241 Å². The molecule has 742 valence electrons. The topological polar surface area (TPSA) is 647 Å². The van der Waals surface area contributed by atoms with Crippen molar-refractivity contribution in [1.29, 1.82) is 0 Å². The van der Waals surface area contributed by atoms with Gasteiger partial charge in [-0.05, 0) is 135 Å². The number of phenols is 1. The predicted molar refractivity (Wildman–Crippen MR) is 502 cm³/mol. The Kier molecular flexibility index (Phi) is 39.5. The summed E-state index contributed by atoms with van der Waals surface area (Å²) in [6.45, 7) is 2.05. The van der Waals surface area contributed by atoms with Crippen molar-refractivity contribution in [3.8, 4) is 5.75 Å². The van der Waals surface area contributed by atoms with Gasteiger partial charge in [-0.25, -0.2) is 4.98 Å². The number of benzene rings is 3. The molecule has 1 unspecified atom stereocenters. The van der Waals surface area contributed by atoms with Crippen LogP contribution < -0.4 is 70.4 Å². The largest absolute Gasteiger partial charge is 0.508 e. The van der Waals surface area contributed by atoms with E-state index in [1.165, 1.54) is 62.2 Å². The summed E-state index contributed by atoms with van der Waals surface area (Å²) in [6, 6.07) is -2.41. The minimum atomic E-state index is -2.02. The van der Waals surface area contributed by atoms with Crippen LogP contribution in [0.2, 0.25) is 0 Å². The Bertz CT molecular complexity index is 5290. The molecule has 10 rings (SSSR count). The molecular formula is C92H125N21O22S2. The maximum absolute atomic E-state index is 15.9. The predicted octanol–water partition coefficient (Wildman–Crippen LogP) is -1.41. The standard InChI is InChI=1S/C92H125N21O22S2/c1-5-7-23-69-84(127)105-64(41-77(118)119)83(126)108-68(79(122)98-45-75(95)116)48-136-49-76(117)100-65(36-51-28-30-55(114)31-29-51)90(133)111-34-14-13-25-70(111)86(129)107-67(42-78(120)121)91(134)112-35-17-26-71(112)85(128)104-63(39-54-44-96-50-99-54)82(125)102-61(22-16-33-94)89(132)113-46-56(115)40-73(113)87(130)103-62(37-52-43-97-59-20-11-9-18-57(52)59)81(124)101-60(21-15-32-93)80(123)106-66(38-53-47-137-74-27-12-10-19-58(53)74)88(131)110(4)72(24-8-6-2)92(135)109(69)3/h9-12,18-20,27-31,43-44,47,50,56,60-73,97,114-115H,5-8,13-17,21-26,32-42,45-46,48-49,93-94H2,1-4H3,(H2,95,116)(H,96,99)(H,98,122)(H,100,117)(H,101,124)(H,102,125)(H,103,130)(H,104,128)(H,105,127)(H,106,123)(H,107,129)(H,108,126)(H,118,119)(H,120,121)/t56-,60+,61+,62+,63+,64+,65+,66+,67+,68+,69+,70?,71+,72+,73+/m1/s1. The van der Waals surface area contributed by atoms with Crippen LogP contribution in [-0.2, 0) is 112 Å². The highest BCUT2D eigenvalue weighted by atomic mass is 32.2. The second kappa shape index (κ2) is 51.2. The molecule has 15 atom stereocenters. The average Bonchev–Trinajstić information content (AvgIpc) is 1.24. The zero-order valence-electron chi connectivity index (χ0n) is 77.0. The number of thiophene rings is 1. The number of H-pyrrole nitrogens is 2. The molecule has 7 heterocycles. The number of piperidine rings is 1. The van der Waals surface area contributed by atoms with Crippen molar-refractivity contribution in [2.45, 2.75) is 246 Å². The normalized spacial score (nSPS) is 25.0. The number of aromatic nitrogens is 3. The third kappa shape index (κ3) is 29.2. The molecule has 0 bridgehead atoms. The summed E-state index contributed by atoms with van der Waals surface area (Å²) in [5, 5.41) is 72.0. The molecular weight excluding hydrogens is 1820 g/mol. The van der Waals surface area contributed by atoms with Gasteiger partial charge < -0.3 is 125 Å². The SMILES string of the molecule is CCCC[C@H]1C(=O)N(C)[C@@H](CCCC)C(=O)N[C@@H](CC(=O)O)C(=O)N[C@H](C(=O)NCC(N)=O)CSCC(=O)N[C@@H](Cc2ccc(O)cc2)C(=O)N2CCCCC2C(=O)N[C@@H](CC(=O)O)C(=O)N2CCC[C@H]2C(=O)N[C@@H](Cc2c[nH]cn2)C(=O)N[C@@H](CCCN)C(=O)N2C[C@H](O)C[C@H]2C(=O)N[C@@H](Cc2c[nH]c3ccccc23)C(=O)N[C@@H](CCCN)C(=O)N[C@@H](Cc2csc3ccccc23)C(=O)N1C. The van der Waals surface area contributed by atoms with Gasteiger partial charge in [0.1, 0.15) is 90.3 Å². The Morgan fingerprint density at radius 2 is 1.04 bits per heavy atom. The zero-order chi connectivity index (χ0) is 99.3. The summed E-state index contributed by atoms with van der Waals surface area (Å²) in [5.74, 6) is -19.9. The number of fused-ring (bicyclic) bond motifs is 5. The number of carbonyl (C=O) groups excluding carboxylic acids is 16. The molecule has 16 amide bonds. The number of likely N-dealkylation sites (N-methyl/N-ethyl adjacent to an activating group) is 2. The number of phenolic OH excluding ortho intramolecular Hbond substituents is 1. The van der Waals surface area contributed by atoms with E-state index in [0.717, 1.165) is 34.6 Å². The van der Waals surface area contributed by atoms with Crippen molar-refractivity contribution in [3.05, 3.63) is 119 Å². The molecule has 0 radical (unpaired) electrons. The minimum absolute atomic E-state index is 0.0124. The Hall–Kier alpha value is -13.1. The molecule has 6 aromatic rings. The van der Waals surface area contributed by atoms with Gasteiger partial charge in [0.15, 0.2) is 0 Å². The van der Waals surface area contributed by atoms with Crippen molar-refractivity contribution in [1.82, 2.24) is 92.6 Å². The van der Waals surface area contributed by atoms with Gasteiger partial charge in [-0.3, -0.25) is 86.3 Å². The van der Waals surface area contributed by atoms with Crippen LogP contribution in [0.3, 0.4) is 0 Å². The van der Waals surface area contributed by atoms with Crippen LogP contribution in [0.1, 0.15) is 152 Å². The number of nitrogens with one attached hydrogen (secondary N) is 12. The molecule has 4 aliphatic rings. The van der Waals surface area contributed by atoms with Gasteiger partial charge in [0.05, 0.1) is 43.3 Å². The molecule has 45 heteroatoms. The van der Waals surface area contributed by atoms with Crippen molar-refractivity contribution >= 4 is 151 Å². The summed E-state index contributed by atoms with van der Waals surface area (Å²) < 4.78 is 0.819. The minimum Gasteiger partial charge on any atom is -0.508 e. The molecule has 137 heavy (non-hydrogen) atoms. The maximum Gasteiger partial charge on any atom is 0.305 e. The summed E-state index contributed by atoms with van der Waals surface area (Å²) >= 11 is 2.06. The van der Waals surface area contributed by atoms with E-state index in [2.05, 4.69) is 68.1 Å². The van der Waals surface area contributed by atoms with Crippen LogP contribution >= 0.6 is 23.1 Å². The van der Waals surface area contributed by atoms with E-state index in [-0.39, 0.29) is 128 Å². The first-order chi connectivity index (χ1) is 65.6. The molecule has 0 aliphatic carbocycles. The van der Waals surface area contributed by atoms with Gasteiger partial charge in [0.2, 0.25) is 94.5 Å². The Balaban J connectivity index is 1.03. The number of aliphatic hydroxyl groups excluding tert-OH is 1. The van der Waals surface area contributed by atoms with E-state index in [4.69, 9.17) is 17.2 Å². The summed E-state index contributed by atoms with van der Waals surface area (Å²) in [4.78, 5) is 280. The number of para-hydroxylation sites is 1. The van der Waals surface area contributed by atoms with Crippen LogP contribution in [0, 0.1) is 0 Å². The number of hydrogen-bond donors (Lipinski definition) is 19. The number of nitrogens with two attached hydrogens (primary N) is 3. The summed E-state index contributed by atoms with van der Waals surface area (Å²) in [6.07, 6.45) is 1.22. The Morgan fingerprint density at radius 1 is 0.511 bits per heavy atom. The smallest absolute Gasteiger partial charge is 0.305 e. The van der Waals surface area contributed by atoms with Crippen LogP contribution in [0.15, 0.2) is 96.9 Å². The van der Waals surface area contributed by atoms with E-state index >= 15 is 47.9 Å². The highest BCUT2D eigenvalue weighted by Gasteiger charge is 2.48. The highest BCUT2D eigenvalue weighted by Crippen LogP contribution is 2.31. The van der Waals surface area contributed by atoms with Crippen LogP contribution in [0.25, 0.3) is 21.0 Å². The van der Waals surface area contributed by atoms with E-state index in [0.29, 0.717) is 71.5 Å². The average molecular weight is 1940 g/mol. The van der Waals surface area contributed by atoms with E-state index in [1.807, 2.05) is 25.1 Å². The van der Waals surface area contributed by atoms with E-state index in [9.17, 15) is 58.8 Å². The number of amides is 16. The lowest BCUT2D eigenvalue weighted by Gasteiger charge is -2.38. The van der Waals surface area contributed by atoms with E-state index in [1.54, 1.807) is 48.8 Å². The fraction of sp³-hybridized carbons (Fsp3) is 0.533. The second-order valence-corrected chi connectivity index (χ2v) is 36.8. The fourth-order valence-electron chi connectivity index (χ4n) is 17.5. The van der Waals surface area contributed by atoms with Gasteiger partial charge in [-0.15, -0.1) is 23.1 Å². The zero-order valence-corrected chi connectivity index (χ0v) is 78.6. The third-order valence-electron chi connectivity index (χ3n) is 24.8. The maximum atomic E-state index is 15.9. The lowest BCUT2D eigenvalue weighted by atomic mass is 9.97. The number of aromatic hydroxyl groups is 1. The van der Waals surface area contributed by atoms with Gasteiger partial charge in [0, 0.05) is 99.6 Å². The number of nitrogens with zero attached hydrogens (tertiary/aromatic N) is 6. The molecule has 4 aliphatic heterocycles. The summed E-state index contributed by atoms with van der Waals surface area (Å²) in [7, 11) is 2.64. The number of aliphatic carboxylic acids is 2. The van der Waals surface area contributed by atoms with Gasteiger partial charge in [-0.1, -0.05) is 88.1 Å². The van der Waals surface area contributed by atoms with Crippen LogP contribution in [0.5, 0.6) is 5.75 Å². The molecule has 4 saturated heterocycles. The molecule has 43 nitrogen and oxygen atoms in total. The molecule has 0 saturated carbocycles. The number of carbonyl (C=O) groups is 18. The van der Waals surface area contributed by atoms with Crippen molar-refractivity contribution in [3.63, 3.8) is 0 Å². The highest BCUT2D eigenvalue weighted by molar-refractivity contribution is 8.00. The molecule has 3 aromatic heterocycles. The lowest BCUT2D eigenvalue weighted by molar-refractivity contribution is -0.149. The van der Waals surface area contributed by atoms with Crippen molar-refractivity contribution in [2.75, 3.05) is 64.9 Å². The lowest BCUT2D eigenvalue weighted by Crippen LogP contribution is -2.61. The first-order valence-corrected chi connectivity index (χ1v) is 48.2. The Morgan fingerprint density at radius 3 is 1.69 bits per heavy atom. The quantitative estimate of drug-likeness (QED) is 0.0282. The fourth-order valence-corrected chi connectivity index (χ4v) is 19.4. The first-order valence-electron chi connectivity index (χ1n) is 46.2. The van der Waals surface area contributed by atoms with Gasteiger partial charge in [-0.2, -0.15) is 0 Å². The van der Waals surface area contributed by atoms with Gasteiger partial charge >= 0.3 is 11.9 Å². The number of primary amides is 1. The number of carboxylic acids is 2. The monoisotopic (exact) mass is 1940 g/mol. The molecule has 3 aromatic carbocycles. The number of unbranched alkanes of at least 4 members (excludes halogenated alkanes) is 2. The van der Waals surface area contributed by atoms with Crippen LogP contribution in [-0.4, -0.2) is 322 Å². The molecule has 4 fully saturated rings. The summed E-state index contributed by atoms with van der Waals surface area (Å²) in [5.41, 5.74) is 20.0. The first kappa shape index (κ1) is 106. The number of rotatable bonds is 27. The van der Waals surface area contributed by atoms with Crippen molar-refractivity contribution < 1.29 is 107 Å². The number of aromatic amines is 2.